The third-order valence-electron chi connectivity index (χ3n) is 3.84. The summed E-state index contributed by atoms with van der Waals surface area (Å²) in [6.45, 7) is 4.04. The monoisotopic (exact) mass is 353 g/mol. The van der Waals surface area contributed by atoms with Crippen LogP contribution in [0.5, 0.6) is 0 Å². The van der Waals surface area contributed by atoms with Crippen molar-refractivity contribution in [1.29, 1.82) is 0 Å². The molecule has 7 heteroatoms. The predicted octanol–water partition coefficient (Wildman–Crippen LogP) is 3.00. The predicted molar refractivity (Wildman–Crippen MR) is 102 cm³/mol. The van der Waals surface area contributed by atoms with Crippen LogP contribution in [0.2, 0.25) is 0 Å². The lowest BCUT2D eigenvalue weighted by molar-refractivity contribution is 0.705. The molecule has 128 valence electrons. The van der Waals surface area contributed by atoms with Gasteiger partial charge in [-0.25, -0.2) is 0 Å². The van der Waals surface area contributed by atoms with Gasteiger partial charge in [-0.05, 0) is 42.7 Å². The number of benzene rings is 2. The van der Waals surface area contributed by atoms with E-state index in [2.05, 4.69) is 15.5 Å². The lowest BCUT2D eigenvalue weighted by Crippen LogP contribution is -2.32. The van der Waals surface area contributed by atoms with Gasteiger partial charge in [-0.2, -0.15) is 4.68 Å². The Labute approximate surface area is 150 Å². The Morgan fingerprint density at radius 2 is 1.84 bits per heavy atom. The van der Waals surface area contributed by atoms with Crippen molar-refractivity contribution in [2.24, 2.45) is 0 Å². The van der Waals surface area contributed by atoms with Crippen molar-refractivity contribution in [2.45, 2.75) is 24.8 Å². The van der Waals surface area contributed by atoms with Crippen LogP contribution >= 0.6 is 11.8 Å². The molecule has 0 saturated carbocycles. The van der Waals surface area contributed by atoms with E-state index in [1.54, 1.807) is 0 Å². The number of nitrogens with zero attached hydrogens (tertiary/aromatic N) is 3. The fourth-order valence-corrected chi connectivity index (χ4v) is 3.05. The number of aryl methyl sites for hydroxylation is 2. The maximum absolute atomic E-state index is 12.4. The Hall–Kier alpha value is -2.80. The molecular weight excluding hydrogens is 334 g/mol. The number of hydrogen-bond acceptors (Lipinski definition) is 6. The summed E-state index contributed by atoms with van der Waals surface area (Å²) >= 11 is 1.37. The van der Waals surface area contributed by atoms with Gasteiger partial charge in [0.15, 0.2) is 0 Å². The zero-order valence-corrected chi connectivity index (χ0v) is 14.9. The number of rotatable bonds is 5. The Balaban J connectivity index is 1.78. The fourth-order valence-electron chi connectivity index (χ4n) is 2.24. The van der Waals surface area contributed by atoms with E-state index in [-0.39, 0.29) is 5.82 Å². The molecule has 3 rings (SSSR count). The minimum atomic E-state index is -0.413. The summed E-state index contributed by atoms with van der Waals surface area (Å²) in [6, 6.07) is 15.7. The topological polar surface area (TPSA) is 85.8 Å². The molecule has 0 aliphatic carbocycles. The summed E-state index contributed by atoms with van der Waals surface area (Å²) in [7, 11) is 0. The van der Waals surface area contributed by atoms with Crippen LogP contribution in [0.25, 0.3) is 0 Å². The van der Waals surface area contributed by atoms with Gasteiger partial charge in [0.1, 0.15) is 0 Å². The molecule has 1 aromatic heterocycles. The van der Waals surface area contributed by atoms with Crippen molar-refractivity contribution in [3.63, 3.8) is 0 Å². The Morgan fingerprint density at radius 3 is 2.56 bits per heavy atom. The highest BCUT2D eigenvalue weighted by Gasteiger charge is 2.11. The van der Waals surface area contributed by atoms with E-state index in [4.69, 9.17) is 5.84 Å². The number of thioether (sulfide) groups is 1. The van der Waals surface area contributed by atoms with Crippen LogP contribution in [-0.2, 0) is 5.75 Å². The second-order valence-electron chi connectivity index (χ2n) is 5.70. The van der Waals surface area contributed by atoms with Crippen LogP contribution < -0.4 is 16.7 Å². The second-order valence-corrected chi connectivity index (χ2v) is 6.65. The maximum atomic E-state index is 12.4. The zero-order chi connectivity index (χ0) is 17.8. The smallest absolute Gasteiger partial charge is 0.315 e. The van der Waals surface area contributed by atoms with E-state index in [1.807, 2.05) is 62.4 Å². The van der Waals surface area contributed by atoms with Crippen LogP contribution in [0.15, 0.2) is 58.5 Å². The van der Waals surface area contributed by atoms with Crippen molar-refractivity contribution in [3.05, 3.63) is 75.6 Å². The van der Waals surface area contributed by atoms with Gasteiger partial charge >= 0.3 is 5.56 Å². The molecule has 0 radical (unpaired) electrons. The molecule has 0 atom stereocenters. The number of nitrogens with one attached hydrogen (secondary N) is 1. The quantitative estimate of drug-likeness (QED) is 0.542. The summed E-state index contributed by atoms with van der Waals surface area (Å²) in [4.78, 5) is 12.4. The van der Waals surface area contributed by atoms with E-state index >= 15 is 0 Å². The van der Waals surface area contributed by atoms with Crippen LogP contribution in [0, 0.1) is 13.8 Å². The van der Waals surface area contributed by atoms with E-state index in [0.29, 0.717) is 10.9 Å². The Bertz CT molecular complexity index is 940. The van der Waals surface area contributed by atoms with Gasteiger partial charge in [-0.15, -0.1) is 10.2 Å². The number of nitrogens with two attached hydrogens (primary N) is 1. The molecule has 3 aromatic rings. The summed E-state index contributed by atoms with van der Waals surface area (Å²) in [5.74, 6) is 6.67. The average Bonchev–Trinajstić information content (AvgIpc) is 2.62. The first-order chi connectivity index (χ1) is 12.0. The largest absolute Gasteiger partial charge is 0.334 e. The molecule has 0 amide bonds. The van der Waals surface area contributed by atoms with Gasteiger partial charge < -0.3 is 11.2 Å². The summed E-state index contributed by atoms with van der Waals surface area (Å²) in [6.07, 6.45) is 0. The fraction of sp³-hybridized carbons (Fsp3) is 0.167. The normalized spacial score (nSPS) is 10.6. The van der Waals surface area contributed by atoms with Crippen molar-refractivity contribution in [3.8, 4) is 0 Å². The molecule has 6 nitrogen and oxygen atoms in total. The molecule has 0 unspecified atom stereocenters. The summed E-state index contributed by atoms with van der Waals surface area (Å²) < 4.78 is 1.03. The van der Waals surface area contributed by atoms with Crippen molar-refractivity contribution in [2.75, 3.05) is 11.2 Å². The molecule has 0 bridgehead atoms. The van der Waals surface area contributed by atoms with E-state index in [0.717, 1.165) is 21.5 Å². The number of aromatic nitrogens is 3. The Morgan fingerprint density at radius 1 is 1.08 bits per heavy atom. The summed E-state index contributed by atoms with van der Waals surface area (Å²) in [5.41, 5.74) is 3.80. The van der Waals surface area contributed by atoms with Gasteiger partial charge in [-0.1, -0.05) is 48.2 Å². The lowest BCUT2D eigenvalue weighted by Gasteiger charge is -2.10. The van der Waals surface area contributed by atoms with Gasteiger partial charge in [0.2, 0.25) is 11.0 Å². The number of nitrogen functional groups attached to an aromatic ring is 1. The molecule has 0 aliphatic heterocycles. The summed E-state index contributed by atoms with van der Waals surface area (Å²) in [5, 5.41) is 11.4. The van der Waals surface area contributed by atoms with E-state index in [9.17, 15) is 4.79 Å². The second kappa shape index (κ2) is 7.40. The zero-order valence-electron chi connectivity index (χ0n) is 14.1. The highest BCUT2D eigenvalue weighted by atomic mass is 32.2. The lowest BCUT2D eigenvalue weighted by atomic mass is 10.1. The molecule has 2 aromatic carbocycles. The third kappa shape index (κ3) is 4.00. The maximum Gasteiger partial charge on any atom is 0.315 e. The van der Waals surface area contributed by atoms with Crippen molar-refractivity contribution in [1.82, 2.24) is 14.9 Å². The van der Waals surface area contributed by atoms with Crippen LogP contribution in [0.3, 0.4) is 0 Å². The Kier molecular flexibility index (Phi) is 5.04. The number of anilines is 2. The molecule has 0 fully saturated rings. The average molecular weight is 353 g/mol. The first-order valence-corrected chi connectivity index (χ1v) is 8.79. The molecule has 0 saturated heterocycles. The van der Waals surface area contributed by atoms with Crippen LogP contribution in [0.4, 0.5) is 11.5 Å². The van der Waals surface area contributed by atoms with E-state index in [1.165, 1.54) is 17.3 Å². The van der Waals surface area contributed by atoms with Gasteiger partial charge in [0.25, 0.3) is 0 Å². The molecule has 3 N–H and O–H groups in total. The standard InChI is InChI=1S/C18H19N5OS/c1-12-8-9-15(10-13(12)2)20-16-17(24)23(19)18(22-21-16)25-11-14-6-4-3-5-7-14/h3-10H,11,19H2,1-2H3,(H,20,21). The third-order valence-corrected chi connectivity index (χ3v) is 4.86. The molecule has 1 heterocycles. The van der Waals surface area contributed by atoms with Crippen LogP contribution in [0.1, 0.15) is 16.7 Å². The number of hydrogen-bond donors (Lipinski definition) is 2. The minimum Gasteiger partial charge on any atom is -0.334 e. The van der Waals surface area contributed by atoms with Gasteiger partial charge in [0, 0.05) is 11.4 Å². The van der Waals surface area contributed by atoms with Gasteiger partial charge in [0.05, 0.1) is 0 Å². The van der Waals surface area contributed by atoms with Crippen molar-refractivity contribution < 1.29 is 0 Å². The molecule has 0 aliphatic rings. The first kappa shape index (κ1) is 17.0. The van der Waals surface area contributed by atoms with Crippen LogP contribution in [-0.4, -0.2) is 14.9 Å². The molecular formula is C18H19N5OS. The highest BCUT2D eigenvalue weighted by Crippen LogP contribution is 2.20. The van der Waals surface area contributed by atoms with Crippen molar-refractivity contribution >= 4 is 23.3 Å². The SMILES string of the molecule is Cc1ccc(Nc2nnc(SCc3ccccc3)n(N)c2=O)cc1C. The molecule has 0 spiro atoms. The van der Waals surface area contributed by atoms with E-state index < -0.39 is 5.56 Å². The first-order valence-electron chi connectivity index (χ1n) is 7.80. The van der Waals surface area contributed by atoms with Gasteiger partial charge in [-0.3, -0.25) is 4.79 Å². The highest BCUT2D eigenvalue weighted by molar-refractivity contribution is 7.98. The molecule has 25 heavy (non-hydrogen) atoms. The minimum absolute atomic E-state index is 0.106.